The van der Waals surface area contributed by atoms with Gasteiger partial charge in [0.1, 0.15) is 23.6 Å². The number of nitrogens with zero attached hydrogens (tertiary/aromatic N) is 2. The number of carbonyl (C=O) groups excluding carboxylic acids is 2. The van der Waals surface area contributed by atoms with Crippen LogP contribution in [0, 0.1) is 5.92 Å². The van der Waals surface area contributed by atoms with Crippen molar-refractivity contribution in [3.8, 4) is 5.75 Å². The van der Waals surface area contributed by atoms with Crippen molar-refractivity contribution in [3.63, 3.8) is 0 Å². The van der Waals surface area contributed by atoms with E-state index in [4.69, 9.17) is 9.47 Å². The molecule has 2 amide bonds. The molecule has 2 heterocycles. The van der Waals surface area contributed by atoms with Gasteiger partial charge in [-0.25, -0.2) is 4.98 Å². The number of fused-ring (bicyclic) bond motifs is 1. The third-order valence-electron chi connectivity index (χ3n) is 6.29. The Morgan fingerprint density at radius 3 is 2.69 bits per heavy atom. The maximum atomic E-state index is 13.4. The molecule has 0 spiro atoms. The second-order valence-electron chi connectivity index (χ2n) is 9.56. The Morgan fingerprint density at radius 1 is 1.11 bits per heavy atom. The number of likely N-dealkylation sites (tertiary alicyclic amines) is 1. The van der Waals surface area contributed by atoms with E-state index in [9.17, 15) is 14.7 Å². The molecule has 0 bridgehead atoms. The first-order valence-electron chi connectivity index (χ1n) is 12.2. The summed E-state index contributed by atoms with van der Waals surface area (Å²) < 4.78 is 11.2. The van der Waals surface area contributed by atoms with E-state index in [2.05, 4.69) is 10.3 Å². The Balaban J connectivity index is 1.40. The Morgan fingerprint density at radius 2 is 1.92 bits per heavy atom. The molecule has 1 saturated heterocycles. The summed E-state index contributed by atoms with van der Waals surface area (Å²) in [5.74, 6) is 0.277. The minimum absolute atomic E-state index is 0.153. The number of nitrogens with one attached hydrogen (secondary N) is 1. The van der Waals surface area contributed by atoms with Gasteiger partial charge < -0.3 is 24.8 Å². The number of aromatic nitrogens is 1. The van der Waals surface area contributed by atoms with Crippen LogP contribution in [-0.2, 0) is 16.1 Å². The SMILES string of the molecule is COc1cccc(COC2CN(C(=O)[C@H](CC(C)C)NC(=O)c3ccc4ccccc4n3)CC2O)c1. The number of methoxy groups -OCH3 is 1. The Hall–Kier alpha value is -3.49. The molecule has 8 heteroatoms. The predicted octanol–water partition coefficient (Wildman–Crippen LogP) is 3.18. The standard InChI is InChI=1S/C28H33N3O5/c1-18(2)13-24(30-27(33)23-12-11-20-8-4-5-10-22(20)29-23)28(34)31-15-25(32)26(16-31)36-17-19-7-6-9-21(14-19)35-3/h4-12,14,18,24-26,32H,13,15-17H2,1-3H3,(H,30,33)/t24-,25?,26?/m0/s1. The van der Waals surface area contributed by atoms with Crippen molar-refractivity contribution in [1.82, 2.24) is 15.2 Å². The number of β-amino-alcohol motifs (C(OH)–C–C–N with tert-alkyl or cyclic N) is 1. The van der Waals surface area contributed by atoms with E-state index in [0.29, 0.717) is 13.0 Å². The summed E-state index contributed by atoms with van der Waals surface area (Å²) in [4.78, 5) is 32.4. The number of hydrogen-bond acceptors (Lipinski definition) is 6. The van der Waals surface area contributed by atoms with Gasteiger partial charge >= 0.3 is 0 Å². The highest BCUT2D eigenvalue weighted by molar-refractivity contribution is 5.97. The van der Waals surface area contributed by atoms with Crippen LogP contribution in [-0.4, -0.2) is 65.3 Å². The zero-order valence-electron chi connectivity index (χ0n) is 20.9. The number of pyridine rings is 1. The van der Waals surface area contributed by atoms with Gasteiger partial charge in [0.15, 0.2) is 0 Å². The molecule has 4 rings (SSSR count). The number of hydrogen-bond donors (Lipinski definition) is 2. The smallest absolute Gasteiger partial charge is 0.270 e. The summed E-state index contributed by atoms with van der Waals surface area (Å²) in [5.41, 5.74) is 1.89. The first-order valence-corrected chi connectivity index (χ1v) is 12.2. The van der Waals surface area contributed by atoms with Crippen molar-refractivity contribution in [2.45, 2.75) is 45.1 Å². The third kappa shape index (κ3) is 6.19. The molecule has 1 aliphatic rings. The molecule has 1 aliphatic heterocycles. The highest BCUT2D eigenvalue weighted by atomic mass is 16.5. The zero-order valence-corrected chi connectivity index (χ0v) is 20.9. The Bertz CT molecular complexity index is 1210. The minimum Gasteiger partial charge on any atom is -0.497 e. The molecule has 8 nitrogen and oxygen atoms in total. The molecule has 3 atom stereocenters. The van der Waals surface area contributed by atoms with E-state index < -0.39 is 24.2 Å². The van der Waals surface area contributed by atoms with Gasteiger partial charge in [-0.1, -0.05) is 50.2 Å². The van der Waals surface area contributed by atoms with Crippen molar-refractivity contribution in [2.75, 3.05) is 20.2 Å². The van der Waals surface area contributed by atoms with Gasteiger partial charge in [0, 0.05) is 18.5 Å². The Labute approximate surface area is 211 Å². The number of benzene rings is 2. The van der Waals surface area contributed by atoms with Gasteiger partial charge in [-0.05, 0) is 42.2 Å². The van der Waals surface area contributed by atoms with E-state index >= 15 is 0 Å². The minimum atomic E-state index is -0.808. The van der Waals surface area contributed by atoms with Crippen molar-refractivity contribution in [2.24, 2.45) is 5.92 Å². The predicted molar refractivity (Wildman–Crippen MR) is 137 cm³/mol. The summed E-state index contributed by atoms with van der Waals surface area (Å²) in [6.45, 7) is 4.70. The van der Waals surface area contributed by atoms with Crippen LogP contribution in [0.3, 0.4) is 0 Å². The fraction of sp³-hybridized carbons (Fsp3) is 0.393. The lowest BCUT2D eigenvalue weighted by Gasteiger charge is -2.25. The van der Waals surface area contributed by atoms with E-state index in [1.165, 1.54) is 0 Å². The Kier molecular flexibility index (Phi) is 8.18. The molecular weight excluding hydrogens is 458 g/mol. The monoisotopic (exact) mass is 491 g/mol. The molecule has 1 fully saturated rings. The van der Waals surface area contributed by atoms with Gasteiger partial charge in [0.25, 0.3) is 5.91 Å². The summed E-state index contributed by atoms with van der Waals surface area (Å²) in [7, 11) is 1.60. The van der Waals surface area contributed by atoms with Crippen LogP contribution in [0.1, 0.15) is 36.3 Å². The van der Waals surface area contributed by atoms with Crippen molar-refractivity contribution in [3.05, 3.63) is 71.9 Å². The number of amides is 2. The number of aliphatic hydroxyl groups is 1. The lowest BCUT2D eigenvalue weighted by molar-refractivity contribution is -0.133. The van der Waals surface area contributed by atoms with Crippen molar-refractivity contribution < 1.29 is 24.2 Å². The molecule has 1 aromatic heterocycles. The summed E-state index contributed by atoms with van der Waals surface area (Å²) in [6.07, 6.45) is -0.852. The number of ether oxygens (including phenoxy) is 2. The lowest BCUT2D eigenvalue weighted by atomic mass is 10.0. The van der Waals surface area contributed by atoms with Gasteiger partial charge in [0.2, 0.25) is 5.91 Å². The summed E-state index contributed by atoms with van der Waals surface area (Å²) in [5, 5.41) is 14.4. The molecular formula is C28H33N3O5. The van der Waals surface area contributed by atoms with Crippen LogP contribution >= 0.6 is 0 Å². The normalized spacial score (nSPS) is 18.4. The van der Waals surface area contributed by atoms with E-state index in [1.54, 1.807) is 18.1 Å². The first kappa shape index (κ1) is 25.6. The maximum Gasteiger partial charge on any atom is 0.270 e. The molecule has 0 radical (unpaired) electrons. The van der Waals surface area contributed by atoms with Gasteiger partial charge in [-0.3, -0.25) is 9.59 Å². The van der Waals surface area contributed by atoms with Gasteiger partial charge in [0.05, 0.1) is 25.3 Å². The van der Waals surface area contributed by atoms with Crippen LogP contribution in [0.5, 0.6) is 5.75 Å². The maximum absolute atomic E-state index is 13.4. The van der Waals surface area contributed by atoms with Gasteiger partial charge in [-0.2, -0.15) is 0 Å². The lowest BCUT2D eigenvalue weighted by Crippen LogP contribution is -2.49. The fourth-order valence-corrected chi connectivity index (χ4v) is 4.40. The molecule has 3 aromatic rings. The van der Waals surface area contributed by atoms with Crippen molar-refractivity contribution in [1.29, 1.82) is 0 Å². The largest absolute Gasteiger partial charge is 0.497 e. The van der Waals surface area contributed by atoms with Crippen LogP contribution in [0.15, 0.2) is 60.7 Å². The number of rotatable bonds is 9. The van der Waals surface area contributed by atoms with Crippen LogP contribution in [0.4, 0.5) is 0 Å². The van der Waals surface area contributed by atoms with Crippen molar-refractivity contribution >= 4 is 22.7 Å². The van der Waals surface area contributed by atoms with Gasteiger partial charge in [-0.15, -0.1) is 0 Å². The fourth-order valence-electron chi connectivity index (χ4n) is 4.40. The quantitative estimate of drug-likeness (QED) is 0.477. The number of carbonyl (C=O) groups is 2. The average Bonchev–Trinajstić information content (AvgIpc) is 3.26. The summed E-state index contributed by atoms with van der Waals surface area (Å²) in [6, 6.07) is 17.9. The van der Waals surface area contributed by atoms with E-state index in [0.717, 1.165) is 22.2 Å². The van der Waals surface area contributed by atoms with Crippen LogP contribution in [0.2, 0.25) is 0 Å². The van der Waals surface area contributed by atoms with Crippen LogP contribution < -0.4 is 10.1 Å². The number of para-hydroxylation sites is 1. The molecule has 36 heavy (non-hydrogen) atoms. The van der Waals surface area contributed by atoms with E-state index in [-0.39, 0.29) is 30.6 Å². The highest BCUT2D eigenvalue weighted by Gasteiger charge is 2.38. The highest BCUT2D eigenvalue weighted by Crippen LogP contribution is 2.20. The van der Waals surface area contributed by atoms with Crippen LogP contribution in [0.25, 0.3) is 10.9 Å². The van der Waals surface area contributed by atoms with E-state index in [1.807, 2.05) is 68.4 Å². The average molecular weight is 492 g/mol. The molecule has 2 unspecified atom stereocenters. The molecule has 190 valence electrons. The zero-order chi connectivity index (χ0) is 25.7. The third-order valence-corrected chi connectivity index (χ3v) is 6.29. The molecule has 2 N–H and O–H groups in total. The second-order valence-corrected chi connectivity index (χ2v) is 9.56. The molecule has 0 saturated carbocycles. The first-order chi connectivity index (χ1) is 17.3. The topological polar surface area (TPSA) is 101 Å². The molecule has 0 aliphatic carbocycles. The molecule has 2 aromatic carbocycles. The number of aliphatic hydroxyl groups excluding tert-OH is 1. The second kappa shape index (κ2) is 11.5. The summed E-state index contributed by atoms with van der Waals surface area (Å²) >= 11 is 0.